The number of rotatable bonds is 6. The molecular formula is C26H27F6N5O3. The van der Waals surface area contributed by atoms with Crippen LogP contribution in [-0.4, -0.2) is 59.8 Å². The number of carbonyl (C=O) groups is 2. The predicted octanol–water partition coefficient (Wildman–Crippen LogP) is 5.15. The van der Waals surface area contributed by atoms with E-state index in [1.54, 1.807) is 0 Å². The molecule has 0 unspecified atom stereocenters. The summed E-state index contributed by atoms with van der Waals surface area (Å²) in [7, 11) is 3.90. The summed E-state index contributed by atoms with van der Waals surface area (Å²) in [4.78, 5) is 32.4. The van der Waals surface area contributed by atoms with Crippen molar-refractivity contribution in [2.24, 2.45) is 5.92 Å². The Balaban J connectivity index is 0.000000559. The average Bonchev–Trinajstić information content (AvgIpc) is 2.90. The van der Waals surface area contributed by atoms with Gasteiger partial charge in [-0.25, -0.2) is 22.9 Å². The Morgan fingerprint density at radius 3 is 2.20 bits per heavy atom. The Hall–Kier alpha value is -4.10. The van der Waals surface area contributed by atoms with Gasteiger partial charge in [0.25, 0.3) is 5.91 Å². The molecule has 1 heterocycles. The predicted molar refractivity (Wildman–Crippen MR) is 136 cm³/mol. The Kier molecular flexibility index (Phi) is 9.77. The largest absolute Gasteiger partial charge is 0.490 e. The number of hydrogen-bond acceptors (Lipinski definition) is 6. The van der Waals surface area contributed by atoms with Gasteiger partial charge in [-0.1, -0.05) is 12.1 Å². The molecule has 40 heavy (non-hydrogen) atoms. The fraction of sp³-hybridized carbons (Fsp3) is 0.385. The molecule has 216 valence electrons. The zero-order chi connectivity index (χ0) is 29.6. The molecule has 0 spiro atoms. The number of nitrogens with zero attached hydrogens (tertiary/aromatic N) is 3. The fourth-order valence-electron chi connectivity index (χ4n) is 4.19. The summed E-state index contributed by atoms with van der Waals surface area (Å²) in [5, 5.41) is 14.2. The first kappa shape index (κ1) is 30.4. The Labute approximate surface area is 225 Å². The summed E-state index contributed by atoms with van der Waals surface area (Å²) in [6.07, 6.45) is -1.64. The standard InChI is InChI=1S/C24H26F3N5O.C2HF3O2/c1-32(2)22-16-5-3-4-6-19(16)30-24(31-22)29-15-9-7-14(8-10-15)13-28-23(33)17-11-12-18(25)21(27)20(17)26;3-2(4,5)1(6)7/h3-6,11-12,14-15H,7-10,13H2,1-2H3,(H,28,33)(H,29,30,31);(H,6,7). The molecule has 1 fully saturated rings. The van der Waals surface area contributed by atoms with Crippen LogP contribution in [0.1, 0.15) is 36.0 Å². The van der Waals surface area contributed by atoms with Crippen LogP contribution in [0.5, 0.6) is 0 Å². The molecule has 3 aromatic rings. The molecule has 1 amide bonds. The number of para-hydroxylation sites is 1. The average molecular weight is 572 g/mol. The van der Waals surface area contributed by atoms with Gasteiger partial charge in [0.05, 0.1) is 11.1 Å². The zero-order valence-electron chi connectivity index (χ0n) is 21.5. The summed E-state index contributed by atoms with van der Waals surface area (Å²) < 4.78 is 72.0. The summed E-state index contributed by atoms with van der Waals surface area (Å²) in [6, 6.07) is 9.79. The van der Waals surface area contributed by atoms with Crippen LogP contribution < -0.4 is 15.5 Å². The van der Waals surface area contributed by atoms with Gasteiger partial charge in [-0.2, -0.15) is 18.2 Å². The van der Waals surface area contributed by atoms with Gasteiger partial charge in [0.15, 0.2) is 17.5 Å². The SMILES string of the molecule is CN(C)c1nc(NC2CCC(CNC(=O)c3ccc(F)c(F)c3F)CC2)nc2ccccc12.O=C(O)C(F)(F)F. The van der Waals surface area contributed by atoms with Crippen LogP contribution in [0.3, 0.4) is 0 Å². The number of aromatic nitrogens is 2. The van der Waals surface area contributed by atoms with E-state index in [0.717, 1.165) is 54.5 Å². The molecule has 0 saturated heterocycles. The molecule has 1 saturated carbocycles. The van der Waals surface area contributed by atoms with E-state index in [1.807, 2.05) is 43.3 Å². The highest BCUT2D eigenvalue weighted by atomic mass is 19.4. The van der Waals surface area contributed by atoms with E-state index in [-0.39, 0.29) is 12.0 Å². The van der Waals surface area contributed by atoms with E-state index < -0.39 is 41.1 Å². The third kappa shape index (κ3) is 7.73. The second-order valence-electron chi connectivity index (χ2n) is 9.38. The van der Waals surface area contributed by atoms with Crippen molar-refractivity contribution in [1.29, 1.82) is 0 Å². The second kappa shape index (κ2) is 12.8. The van der Waals surface area contributed by atoms with Crippen molar-refractivity contribution in [2.45, 2.75) is 37.9 Å². The minimum atomic E-state index is -5.08. The van der Waals surface area contributed by atoms with Crippen LogP contribution in [0.25, 0.3) is 10.9 Å². The molecule has 0 aliphatic heterocycles. The smallest absolute Gasteiger partial charge is 0.475 e. The number of aliphatic carboxylic acids is 1. The number of anilines is 2. The second-order valence-corrected chi connectivity index (χ2v) is 9.38. The number of amides is 1. The highest BCUT2D eigenvalue weighted by Gasteiger charge is 2.38. The van der Waals surface area contributed by atoms with Gasteiger partial charge in [-0.15, -0.1) is 0 Å². The lowest BCUT2D eigenvalue weighted by atomic mass is 9.86. The van der Waals surface area contributed by atoms with Crippen molar-refractivity contribution in [3.8, 4) is 0 Å². The molecule has 2 aromatic carbocycles. The number of halogens is 6. The van der Waals surface area contributed by atoms with Gasteiger partial charge in [-0.05, 0) is 55.9 Å². The summed E-state index contributed by atoms with van der Waals surface area (Å²) in [6.45, 7) is 0.348. The monoisotopic (exact) mass is 571 g/mol. The van der Waals surface area contributed by atoms with Gasteiger partial charge < -0.3 is 20.6 Å². The Bertz CT molecular complexity index is 1360. The number of hydrogen-bond donors (Lipinski definition) is 3. The lowest BCUT2D eigenvalue weighted by Gasteiger charge is -2.29. The van der Waals surface area contributed by atoms with Crippen LogP contribution in [0.15, 0.2) is 36.4 Å². The molecule has 1 aliphatic rings. The molecule has 3 N–H and O–H groups in total. The van der Waals surface area contributed by atoms with E-state index in [0.29, 0.717) is 12.5 Å². The van der Waals surface area contributed by atoms with E-state index in [9.17, 15) is 31.1 Å². The van der Waals surface area contributed by atoms with Crippen LogP contribution in [0.4, 0.5) is 38.1 Å². The Morgan fingerprint density at radius 1 is 0.975 bits per heavy atom. The summed E-state index contributed by atoms with van der Waals surface area (Å²) in [5.74, 6) is -6.26. The number of alkyl halides is 3. The van der Waals surface area contributed by atoms with Crippen molar-refractivity contribution in [1.82, 2.24) is 15.3 Å². The molecule has 14 heteroatoms. The minimum absolute atomic E-state index is 0.205. The van der Waals surface area contributed by atoms with Crippen LogP contribution >= 0.6 is 0 Å². The number of carboxylic acid groups (broad SMARTS) is 1. The number of nitrogens with one attached hydrogen (secondary N) is 2. The summed E-state index contributed by atoms with van der Waals surface area (Å²) >= 11 is 0. The molecular weight excluding hydrogens is 544 g/mol. The van der Waals surface area contributed by atoms with Gasteiger partial charge in [0, 0.05) is 32.1 Å². The zero-order valence-corrected chi connectivity index (χ0v) is 21.5. The third-order valence-electron chi connectivity index (χ3n) is 6.26. The number of carbonyl (C=O) groups excluding carboxylic acids is 1. The molecule has 0 atom stereocenters. The van der Waals surface area contributed by atoms with Crippen LogP contribution in [0, 0.1) is 23.4 Å². The van der Waals surface area contributed by atoms with Crippen molar-refractivity contribution >= 4 is 34.5 Å². The maximum absolute atomic E-state index is 13.8. The maximum Gasteiger partial charge on any atom is 0.490 e. The molecule has 0 radical (unpaired) electrons. The van der Waals surface area contributed by atoms with Crippen molar-refractivity contribution in [3.05, 3.63) is 59.4 Å². The highest BCUT2D eigenvalue weighted by Crippen LogP contribution is 2.28. The molecule has 1 aromatic heterocycles. The van der Waals surface area contributed by atoms with Crippen molar-refractivity contribution < 1.29 is 41.0 Å². The van der Waals surface area contributed by atoms with E-state index in [2.05, 4.69) is 20.6 Å². The van der Waals surface area contributed by atoms with Gasteiger partial charge in [0.1, 0.15) is 5.82 Å². The molecule has 4 rings (SSSR count). The van der Waals surface area contributed by atoms with E-state index >= 15 is 0 Å². The van der Waals surface area contributed by atoms with Crippen LogP contribution in [-0.2, 0) is 4.79 Å². The van der Waals surface area contributed by atoms with Gasteiger partial charge in [-0.3, -0.25) is 4.79 Å². The quantitative estimate of drug-likeness (QED) is 0.278. The minimum Gasteiger partial charge on any atom is -0.475 e. The maximum atomic E-state index is 13.8. The lowest BCUT2D eigenvalue weighted by molar-refractivity contribution is -0.192. The molecule has 0 bridgehead atoms. The fourth-order valence-corrected chi connectivity index (χ4v) is 4.19. The van der Waals surface area contributed by atoms with Gasteiger partial charge in [0.2, 0.25) is 5.95 Å². The first-order chi connectivity index (χ1) is 18.8. The van der Waals surface area contributed by atoms with Gasteiger partial charge >= 0.3 is 12.1 Å². The van der Waals surface area contributed by atoms with E-state index in [4.69, 9.17) is 9.90 Å². The first-order valence-electron chi connectivity index (χ1n) is 12.2. The van der Waals surface area contributed by atoms with E-state index in [1.165, 1.54) is 0 Å². The number of benzene rings is 2. The number of carboxylic acids is 1. The van der Waals surface area contributed by atoms with Crippen LogP contribution in [0.2, 0.25) is 0 Å². The highest BCUT2D eigenvalue weighted by molar-refractivity contribution is 5.94. The number of fused-ring (bicyclic) bond motifs is 1. The van der Waals surface area contributed by atoms with Crippen molar-refractivity contribution in [3.63, 3.8) is 0 Å². The normalized spacial score (nSPS) is 17.0. The Morgan fingerprint density at radius 2 is 1.60 bits per heavy atom. The summed E-state index contributed by atoms with van der Waals surface area (Å²) in [5.41, 5.74) is 0.383. The first-order valence-corrected chi connectivity index (χ1v) is 12.2. The molecule has 1 aliphatic carbocycles. The molecule has 8 nitrogen and oxygen atoms in total. The van der Waals surface area contributed by atoms with Crippen molar-refractivity contribution in [2.75, 3.05) is 30.9 Å². The third-order valence-corrected chi connectivity index (χ3v) is 6.26. The topological polar surface area (TPSA) is 107 Å². The lowest BCUT2D eigenvalue weighted by Crippen LogP contribution is -2.34.